The van der Waals surface area contributed by atoms with Crippen molar-refractivity contribution in [1.82, 2.24) is 10.2 Å². The number of carbonyl (C=O) groups is 2. The minimum atomic E-state index is -0.0713. The number of amides is 2. The molecule has 1 fully saturated rings. The van der Waals surface area contributed by atoms with Gasteiger partial charge in [-0.25, -0.2) is 0 Å². The molecule has 3 aromatic rings. The molecule has 5 nitrogen and oxygen atoms in total. The van der Waals surface area contributed by atoms with Crippen LogP contribution in [0.5, 0.6) is 0 Å². The molecule has 0 aliphatic carbocycles. The summed E-state index contributed by atoms with van der Waals surface area (Å²) >= 11 is 1.60. The lowest BCUT2D eigenvalue weighted by atomic mass is 10.1. The number of carbonyl (C=O) groups excluding carboxylic acids is 2. The molecule has 2 aromatic carbocycles. The first-order chi connectivity index (χ1) is 15.1. The molecule has 0 spiro atoms. The SMILES string of the molecule is Cc1ccc(CCCNC(=O)c2ccc([C@@H]3SCC(=O)N3Cc3ccco3)cc2)cc1. The van der Waals surface area contributed by atoms with Gasteiger partial charge in [-0.05, 0) is 55.2 Å². The predicted octanol–water partition coefficient (Wildman–Crippen LogP) is 4.72. The van der Waals surface area contributed by atoms with Crippen LogP contribution in [0.2, 0.25) is 0 Å². The van der Waals surface area contributed by atoms with Crippen LogP contribution in [-0.4, -0.2) is 29.0 Å². The average molecular weight is 435 g/mol. The number of hydrogen-bond acceptors (Lipinski definition) is 4. The molecular formula is C25H26N2O3S. The predicted molar refractivity (Wildman–Crippen MR) is 123 cm³/mol. The van der Waals surface area contributed by atoms with Crippen LogP contribution in [0, 0.1) is 6.92 Å². The van der Waals surface area contributed by atoms with Gasteiger partial charge in [-0.2, -0.15) is 0 Å². The van der Waals surface area contributed by atoms with Crippen molar-refractivity contribution in [3.05, 3.63) is 94.9 Å². The van der Waals surface area contributed by atoms with Crippen molar-refractivity contribution < 1.29 is 14.0 Å². The lowest BCUT2D eigenvalue weighted by molar-refractivity contribution is -0.128. The summed E-state index contributed by atoms with van der Waals surface area (Å²) < 4.78 is 5.40. The Labute approximate surface area is 186 Å². The standard InChI is InChI=1S/C25H26N2O3S/c1-18-6-8-19(9-7-18)4-2-14-26-24(29)20-10-12-21(13-11-20)25-27(23(28)17-31-25)16-22-5-3-15-30-22/h3,5-13,15,25H,2,4,14,16-17H2,1H3,(H,26,29)/t25-/m0/s1. The molecule has 0 unspecified atom stereocenters. The number of nitrogens with zero attached hydrogens (tertiary/aromatic N) is 1. The minimum absolute atomic E-state index is 0.0655. The Morgan fingerprint density at radius 3 is 2.61 bits per heavy atom. The average Bonchev–Trinajstić information content (AvgIpc) is 3.43. The molecule has 160 valence electrons. The monoisotopic (exact) mass is 434 g/mol. The van der Waals surface area contributed by atoms with Gasteiger partial charge in [0.05, 0.1) is 18.6 Å². The Morgan fingerprint density at radius 1 is 1.13 bits per heavy atom. The molecule has 2 heterocycles. The van der Waals surface area contributed by atoms with E-state index in [-0.39, 0.29) is 17.2 Å². The molecule has 6 heteroatoms. The van der Waals surface area contributed by atoms with Gasteiger partial charge in [-0.1, -0.05) is 42.0 Å². The Hall–Kier alpha value is -2.99. The lowest BCUT2D eigenvalue weighted by Gasteiger charge is -2.23. The van der Waals surface area contributed by atoms with Crippen LogP contribution >= 0.6 is 11.8 Å². The Kier molecular flexibility index (Phi) is 6.77. The summed E-state index contributed by atoms with van der Waals surface area (Å²) in [7, 11) is 0. The van der Waals surface area contributed by atoms with Crippen LogP contribution < -0.4 is 5.32 Å². The second-order valence-corrected chi connectivity index (χ2v) is 8.80. The maximum atomic E-state index is 12.5. The maximum absolute atomic E-state index is 12.5. The van der Waals surface area contributed by atoms with Crippen molar-refractivity contribution in [3.8, 4) is 0 Å². The van der Waals surface area contributed by atoms with E-state index in [0.29, 0.717) is 24.4 Å². The number of furan rings is 1. The second kappa shape index (κ2) is 9.88. The van der Waals surface area contributed by atoms with E-state index >= 15 is 0 Å². The van der Waals surface area contributed by atoms with Crippen molar-refractivity contribution in [2.24, 2.45) is 0 Å². The molecular weight excluding hydrogens is 408 g/mol. The van der Waals surface area contributed by atoms with E-state index in [0.717, 1.165) is 24.2 Å². The topological polar surface area (TPSA) is 62.6 Å². The van der Waals surface area contributed by atoms with Crippen LogP contribution in [0.3, 0.4) is 0 Å². The van der Waals surface area contributed by atoms with Gasteiger partial charge in [0.25, 0.3) is 5.91 Å². The minimum Gasteiger partial charge on any atom is -0.467 e. The normalized spacial score (nSPS) is 16.0. The molecule has 2 amide bonds. The summed E-state index contributed by atoms with van der Waals surface area (Å²) in [5.74, 6) is 1.25. The molecule has 1 aliphatic rings. The van der Waals surface area contributed by atoms with Crippen LogP contribution in [0.15, 0.2) is 71.3 Å². The number of hydrogen-bond donors (Lipinski definition) is 1. The fraction of sp³-hybridized carbons (Fsp3) is 0.280. The van der Waals surface area contributed by atoms with Crippen molar-refractivity contribution >= 4 is 23.6 Å². The molecule has 0 saturated carbocycles. The molecule has 0 radical (unpaired) electrons. The van der Waals surface area contributed by atoms with Crippen molar-refractivity contribution in [2.45, 2.75) is 31.7 Å². The fourth-order valence-corrected chi connectivity index (χ4v) is 4.81. The van der Waals surface area contributed by atoms with Crippen LogP contribution in [0.4, 0.5) is 0 Å². The van der Waals surface area contributed by atoms with Crippen molar-refractivity contribution in [3.63, 3.8) is 0 Å². The van der Waals surface area contributed by atoms with Gasteiger partial charge in [0.1, 0.15) is 11.1 Å². The van der Waals surface area contributed by atoms with Crippen molar-refractivity contribution in [2.75, 3.05) is 12.3 Å². The number of benzene rings is 2. The number of thioether (sulfide) groups is 1. The van der Waals surface area contributed by atoms with Crippen LogP contribution in [0.1, 0.15) is 44.6 Å². The van der Waals surface area contributed by atoms with E-state index in [1.807, 2.05) is 41.3 Å². The van der Waals surface area contributed by atoms with Gasteiger partial charge in [-0.3, -0.25) is 9.59 Å². The first-order valence-corrected chi connectivity index (χ1v) is 11.5. The summed E-state index contributed by atoms with van der Waals surface area (Å²) in [5.41, 5.74) is 4.18. The van der Waals surface area contributed by atoms with Gasteiger partial charge in [0.15, 0.2) is 0 Å². The summed E-state index contributed by atoms with van der Waals surface area (Å²) in [5, 5.41) is 2.93. The lowest BCUT2D eigenvalue weighted by Crippen LogP contribution is -2.27. The summed E-state index contributed by atoms with van der Waals surface area (Å²) in [4.78, 5) is 26.6. The highest BCUT2D eigenvalue weighted by atomic mass is 32.2. The number of aryl methyl sites for hydroxylation is 2. The Bertz CT molecular complexity index is 1010. The van der Waals surface area contributed by atoms with Crippen LogP contribution in [0.25, 0.3) is 0 Å². The first-order valence-electron chi connectivity index (χ1n) is 10.5. The Morgan fingerprint density at radius 2 is 1.90 bits per heavy atom. The molecule has 1 N–H and O–H groups in total. The van der Waals surface area contributed by atoms with Gasteiger partial charge >= 0.3 is 0 Å². The Balaban J connectivity index is 1.30. The van der Waals surface area contributed by atoms with E-state index in [1.165, 1.54) is 11.1 Å². The summed E-state index contributed by atoms with van der Waals surface area (Å²) in [6.45, 7) is 3.17. The highest BCUT2D eigenvalue weighted by Crippen LogP contribution is 2.39. The van der Waals surface area contributed by atoms with E-state index in [9.17, 15) is 9.59 Å². The highest BCUT2D eigenvalue weighted by Gasteiger charge is 2.33. The zero-order valence-electron chi connectivity index (χ0n) is 17.5. The molecule has 31 heavy (non-hydrogen) atoms. The molecule has 0 bridgehead atoms. The molecule has 4 rings (SSSR count). The van der Waals surface area contributed by atoms with E-state index < -0.39 is 0 Å². The second-order valence-electron chi connectivity index (χ2n) is 7.73. The molecule has 1 atom stereocenters. The number of nitrogens with one attached hydrogen (secondary N) is 1. The van der Waals surface area contributed by atoms with Crippen molar-refractivity contribution in [1.29, 1.82) is 0 Å². The van der Waals surface area contributed by atoms with E-state index in [2.05, 4.69) is 36.5 Å². The smallest absolute Gasteiger partial charge is 0.251 e. The van der Waals surface area contributed by atoms with Gasteiger partial charge in [-0.15, -0.1) is 11.8 Å². The third kappa shape index (κ3) is 5.39. The summed E-state index contributed by atoms with van der Waals surface area (Å²) in [6.07, 6.45) is 3.46. The zero-order chi connectivity index (χ0) is 21.6. The quantitative estimate of drug-likeness (QED) is 0.521. The fourth-order valence-electron chi connectivity index (χ4n) is 3.62. The van der Waals surface area contributed by atoms with E-state index in [1.54, 1.807) is 18.0 Å². The van der Waals surface area contributed by atoms with Gasteiger partial charge < -0.3 is 14.6 Å². The molecule has 1 saturated heterocycles. The largest absolute Gasteiger partial charge is 0.467 e. The summed E-state index contributed by atoms with van der Waals surface area (Å²) in [6, 6.07) is 19.7. The van der Waals surface area contributed by atoms with Gasteiger partial charge in [0, 0.05) is 12.1 Å². The number of rotatable bonds is 8. The van der Waals surface area contributed by atoms with Crippen LogP contribution in [-0.2, 0) is 17.8 Å². The van der Waals surface area contributed by atoms with E-state index in [4.69, 9.17) is 4.42 Å². The van der Waals surface area contributed by atoms with Gasteiger partial charge in [0.2, 0.25) is 5.91 Å². The zero-order valence-corrected chi connectivity index (χ0v) is 18.4. The first kappa shape index (κ1) is 21.2. The highest BCUT2D eigenvalue weighted by molar-refractivity contribution is 8.00. The third-order valence-electron chi connectivity index (χ3n) is 5.38. The molecule has 1 aromatic heterocycles. The molecule has 1 aliphatic heterocycles. The third-order valence-corrected chi connectivity index (χ3v) is 6.64. The maximum Gasteiger partial charge on any atom is 0.251 e.